The van der Waals surface area contributed by atoms with Crippen molar-refractivity contribution in [1.29, 1.82) is 0 Å². The van der Waals surface area contributed by atoms with Crippen molar-refractivity contribution in [2.75, 3.05) is 19.9 Å². The van der Waals surface area contributed by atoms with Gasteiger partial charge >= 0.3 is 0 Å². The van der Waals surface area contributed by atoms with Crippen LogP contribution in [0.2, 0.25) is 0 Å². The first-order valence-electron chi connectivity index (χ1n) is 6.88. The summed E-state index contributed by atoms with van der Waals surface area (Å²) < 4.78 is 16.5. The van der Waals surface area contributed by atoms with Crippen LogP contribution in [0.15, 0.2) is 18.2 Å². The Labute approximate surface area is 114 Å². The van der Waals surface area contributed by atoms with Crippen LogP contribution >= 0.6 is 0 Å². The summed E-state index contributed by atoms with van der Waals surface area (Å²) in [5, 5.41) is 3.55. The van der Waals surface area contributed by atoms with Gasteiger partial charge in [-0.15, -0.1) is 0 Å². The number of ether oxygens (including phenoxy) is 3. The van der Waals surface area contributed by atoms with E-state index in [9.17, 15) is 0 Å². The molecule has 4 nitrogen and oxygen atoms in total. The molecule has 1 heterocycles. The van der Waals surface area contributed by atoms with Crippen molar-refractivity contribution in [3.63, 3.8) is 0 Å². The van der Waals surface area contributed by atoms with E-state index in [0.29, 0.717) is 13.4 Å². The van der Waals surface area contributed by atoms with Crippen molar-refractivity contribution in [2.45, 2.75) is 32.7 Å². The van der Waals surface area contributed by atoms with Gasteiger partial charge in [-0.1, -0.05) is 13.8 Å². The molecule has 1 fully saturated rings. The zero-order valence-corrected chi connectivity index (χ0v) is 11.6. The number of hydrogen-bond donors (Lipinski definition) is 1. The molecule has 0 spiro atoms. The zero-order chi connectivity index (χ0) is 13.3. The monoisotopic (exact) mass is 263 g/mol. The van der Waals surface area contributed by atoms with Gasteiger partial charge in [0.05, 0.1) is 6.61 Å². The van der Waals surface area contributed by atoms with Crippen molar-refractivity contribution in [3.05, 3.63) is 18.2 Å². The highest BCUT2D eigenvalue weighted by Gasteiger charge is 2.26. The maximum absolute atomic E-state index is 5.87. The van der Waals surface area contributed by atoms with Gasteiger partial charge in [-0.25, -0.2) is 0 Å². The van der Waals surface area contributed by atoms with Gasteiger partial charge in [-0.3, -0.25) is 0 Å². The van der Waals surface area contributed by atoms with Crippen LogP contribution in [0.3, 0.4) is 0 Å². The maximum Gasteiger partial charge on any atom is 0.231 e. The normalized spacial score (nSPS) is 17.6. The fourth-order valence-electron chi connectivity index (χ4n) is 2.00. The van der Waals surface area contributed by atoms with E-state index in [1.54, 1.807) is 0 Å². The molecule has 0 atom stereocenters. The van der Waals surface area contributed by atoms with Gasteiger partial charge in [-0.2, -0.15) is 0 Å². The minimum absolute atomic E-state index is 0.124. The second-order valence-corrected chi connectivity index (χ2v) is 6.12. The Hall–Kier alpha value is -1.42. The molecule has 1 N–H and O–H groups in total. The Balaban J connectivity index is 1.52. The second kappa shape index (κ2) is 4.93. The molecule has 0 bridgehead atoms. The molecular weight excluding hydrogens is 242 g/mol. The van der Waals surface area contributed by atoms with Crippen molar-refractivity contribution in [1.82, 2.24) is 5.32 Å². The highest BCUT2D eigenvalue weighted by Crippen LogP contribution is 2.35. The molecular formula is C15H21NO3. The van der Waals surface area contributed by atoms with E-state index >= 15 is 0 Å². The summed E-state index contributed by atoms with van der Waals surface area (Å²) in [4.78, 5) is 0. The Bertz CT molecular complexity index is 455. The van der Waals surface area contributed by atoms with E-state index in [0.717, 1.165) is 29.8 Å². The Kier molecular flexibility index (Phi) is 3.27. The third-order valence-corrected chi connectivity index (χ3v) is 3.42. The van der Waals surface area contributed by atoms with Crippen molar-refractivity contribution >= 4 is 0 Å². The summed E-state index contributed by atoms with van der Waals surface area (Å²) in [5.74, 6) is 2.40. The van der Waals surface area contributed by atoms with Crippen LogP contribution in [-0.4, -0.2) is 26.0 Å². The fourth-order valence-corrected chi connectivity index (χ4v) is 2.00. The molecule has 19 heavy (non-hydrogen) atoms. The van der Waals surface area contributed by atoms with Crippen molar-refractivity contribution < 1.29 is 14.2 Å². The molecule has 0 amide bonds. The highest BCUT2D eigenvalue weighted by atomic mass is 16.7. The molecule has 1 saturated carbocycles. The second-order valence-electron chi connectivity index (χ2n) is 6.12. The quantitative estimate of drug-likeness (QED) is 0.856. The minimum Gasteiger partial charge on any atom is -0.493 e. The first-order valence-corrected chi connectivity index (χ1v) is 6.88. The van der Waals surface area contributed by atoms with E-state index < -0.39 is 0 Å². The number of benzene rings is 1. The van der Waals surface area contributed by atoms with Crippen LogP contribution in [0.1, 0.15) is 26.7 Å². The van der Waals surface area contributed by atoms with Gasteiger partial charge in [0.2, 0.25) is 6.79 Å². The third kappa shape index (κ3) is 3.32. The number of hydrogen-bond acceptors (Lipinski definition) is 4. The Morgan fingerprint density at radius 1 is 1.26 bits per heavy atom. The SMILES string of the molecule is CC(C)(CNC1CC1)COc1ccc2c(c1)OCO2. The van der Waals surface area contributed by atoms with E-state index in [2.05, 4.69) is 19.2 Å². The average molecular weight is 263 g/mol. The van der Waals surface area contributed by atoms with Crippen LogP contribution < -0.4 is 19.5 Å². The molecule has 1 aliphatic carbocycles. The van der Waals surface area contributed by atoms with Crippen LogP contribution in [0.5, 0.6) is 17.2 Å². The Morgan fingerprint density at radius 3 is 2.84 bits per heavy atom. The molecule has 1 aliphatic heterocycles. The lowest BCUT2D eigenvalue weighted by molar-refractivity contribution is 0.171. The van der Waals surface area contributed by atoms with Crippen LogP contribution in [0.25, 0.3) is 0 Å². The molecule has 4 heteroatoms. The topological polar surface area (TPSA) is 39.7 Å². The highest BCUT2D eigenvalue weighted by molar-refractivity contribution is 5.46. The molecule has 0 radical (unpaired) electrons. The summed E-state index contributed by atoms with van der Waals surface area (Å²) in [5.41, 5.74) is 0.124. The fraction of sp³-hybridized carbons (Fsp3) is 0.600. The summed E-state index contributed by atoms with van der Waals surface area (Å²) in [7, 11) is 0. The lowest BCUT2D eigenvalue weighted by atomic mass is 9.95. The molecule has 0 aromatic heterocycles. The zero-order valence-electron chi connectivity index (χ0n) is 11.6. The molecule has 0 saturated heterocycles. The van der Waals surface area contributed by atoms with Gasteiger partial charge < -0.3 is 19.5 Å². The molecule has 0 unspecified atom stereocenters. The first kappa shape index (κ1) is 12.6. The van der Waals surface area contributed by atoms with Crippen LogP contribution in [0.4, 0.5) is 0 Å². The minimum atomic E-state index is 0.124. The molecule has 1 aromatic rings. The number of fused-ring (bicyclic) bond motifs is 1. The molecule has 3 rings (SSSR count). The summed E-state index contributed by atoms with van der Waals surface area (Å²) in [6.45, 7) is 6.41. The Morgan fingerprint density at radius 2 is 2.05 bits per heavy atom. The smallest absolute Gasteiger partial charge is 0.231 e. The van der Waals surface area contributed by atoms with Crippen molar-refractivity contribution in [3.8, 4) is 17.2 Å². The number of rotatable bonds is 6. The van der Waals surface area contributed by atoms with Gasteiger partial charge in [0.25, 0.3) is 0 Å². The van der Waals surface area contributed by atoms with E-state index in [1.807, 2.05) is 18.2 Å². The lowest BCUT2D eigenvalue weighted by Gasteiger charge is -2.25. The van der Waals surface area contributed by atoms with E-state index in [-0.39, 0.29) is 5.41 Å². The van der Waals surface area contributed by atoms with Gasteiger partial charge in [0, 0.05) is 24.1 Å². The van der Waals surface area contributed by atoms with Gasteiger partial charge in [-0.05, 0) is 25.0 Å². The first-order chi connectivity index (χ1) is 9.12. The lowest BCUT2D eigenvalue weighted by Crippen LogP contribution is -2.35. The third-order valence-electron chi connectivity index (χ3n) is 3.42. The molecule has 2 aliphatic rings. The summed E-state index contributed by atoms with van der Waals surface area (Å²) >= 11 is 0. The van der Waals surface area contributed by atoms with E-state index in [4.69, 9.17) is 14.2 Å². The standard InChI is InChI=1S/C15H21NO3/c1-15(2,8-16-11-3-4-11)9-17-12-5-6-13-14(7-12)19-10-18-13/h5-7,11,16H,3-4,8-10H2,1-2H3. The summed E-state index contributed by atoms with van der Waals surface area (Å²) in [6.07, 6.45) is 2.64. The largest absolute Gasteiger partial charge is 0.493 e. The van der Waals surface area contributed by atoms with E-state index in [1.165, 1.54) is 12.8 Å². The van der Waals surface area contributed by atoms with Gasteiger partial charge in [0.1, 0.15) is 5.75 Å². The van der Waals surface area contributed by atoms with Crippen LogP contribution in [0, 0.1) is 5.41 Å². The predicted octanol–water partition coefficient (Wildman–Crippen LogP) is 2.57. The van der Waals surface area contributed by atoms with Crippen molar-refractivity contribution in [2.24, 2.45) is 5.41 Å². The number of nitrogens with one attached hydrogen (secondary N) is 1. The predicted molar refractivity (Wildman–Crippen MR) is 72.9 cm³/mol. The summed E-state index contributed by atoms with van der Waals surface area (Å²) in [6, 6.07) is 6.46. The van der Waals surface area contributed by atoms with Crippen LogP contribution in [-0.2, 0) is 0 Å². The molecule has 104 valence electrons. The molecule has 1 aromatic carbocycles. The van der Waals surface area contributed by atoms with Gasteiger partial charge in [0.15, 0.2) is 11.5 Å². The average Bonchev–Trinajstić information content (AvgIpc) is 3.11. The maximum atomic E-state index is 5.87.